The Morgan fingerprint density at radius 1 is 0.429 bits per heavy atom. The van der Waals surface area contributed by atoms with Crippen molar-refractivity contribution in [3.05, 3.63) is 137 Å². The molecule has 0 amide bonds. The second kappa shape index (κ2) is 12.3. The molecule has 3 heterocycles. The van der Waals surface area contributed by atoms with Crippen LogP contribution in [0.1, 0.15) is 27.8 Å². The zero-order valence-corrected chi connectivity index (χ0v) is 27.7. The Labute approximate surface area is 306 Å². The van der Waals surface area contributed by atoms with Crippen molar-refractivity contribution in [2.24, 2.45) is 0 Å². The average molecular weight is 783 g/mol. The number of hydrogen-bond acceptors (Lipinski definition) is 2. The number of nitrogens with zero attached hydrogens (tertiary/aromatic N) is 4. The second-order valence-electron chi connectivity index (χ2n) is 12.8. The largest absolute Gasteiger partial charge is 0.416 e. The standard InChI is InChI=1S/C40H18F12N4/c41-37(42,43)21-2-7-31-26(14-21)27-15-22(38(44,45)46)3-8-32(27)55(31)35-11-12-54-19-30(35)25-6-1-20(18-53)13-36(25)56-33-9-4-23(39(47,48)49)16-28(33)29-17-24(40(50,51)52)5-10-34(29)56/h1-17,19H. The predicted molar refractivity (Wildman–Crippen MR) is 183 cm³/mol. The van der Waals surface area contributed by atoms with Crippen LogP contribution in [0.4, 0.5) is 52.7 Å². The van der Waals surface area contributed by atoms with Gasteiger partial charge in [-0.15, -0.1) is 0 Å². The minimum Gasteiger partial charge on any atom is -0.309 e. The maximum atomic E-state index is 13.9. The SMILES string of the molecule is N#Cc1ccc(-c2cnccc2-n2c3ccc(C(F)(F)F)cc3c3cc(C(F)(F)F)ccc32)c(-n2c3ccc(C(F)(F)F)cc3c3cc(C(F)(F)F)ccc32)c1. The van der Waals surface area contributed by atoms with Gasteiger partial charge in [0.2, 0.25) is 0 Å². The number of aromatic nitrogens is 3. The first kappa shape index (κ1) is 36.5. The van der Waals surface area contributed by atoms with Crippen LogP contribution in [-0.4, -0.2) is 14.1 Å². The van der Waals surface area contributed by atoms with E-state index in [1.54, 1.807) is 0 Å². The molecule has 4 nitrogen and oxygen atoms in total. The Bertz CT molecular complexity index is 2790. The highest BCUT2D eigenvalue weighted by Crippen LogP contribution is 2.45. The van der Waals surface area contributed by atoms with Crippen molar-refractivity contribution in [1.29, 1.82) is 5.26 Å². The molecule has 5 aromatic carbocycles. The van der Waals surface area contributed by atoms with E-state index in [0.29, 0.717) is 0 Å². The normalized spacial score (nSPS) is 13.0. The van der Waals surface area contributed by atoms with Crippen LogP contribution in [0.15, 0.2) is 109 Å². The summed E-state index contributed by atoms with van der Waals surface area (Å²) in [5, 5.41) is 9.21. The summed E-state index contributed by atoms with van der Waals surface area (Å²) in [7, 11) is 0. The number of nitriles is 1. The maximum absolute atomic E-state index is 13.9. The lowest BCUT2D eigenvalue weighted by molar-refractivity contribution is -0.138. The molecule has 8 aromatic rings. The average Bonchev–Trinajstić information content (AvgIpc) is 3.64. The summed E-state index contributed by atoms with van der Waals surface area (Å²) in [6.07, 6.45) is -16.7. The van der Waals surface area contributed by atoms with Gasteiger partial charge in [0.15, 0.2) is 0 Å². The summed E-state index contributed by atoms with van der Waals surface area (Å²) in [6.45, 7) is 0. The molecule has 0 bridgehead atoms. The van der Waals surface area contributed by atoms with Gasteiger partial charge in [0.1, 0.15) is 0 Å². The van der Waals surface area contributed by atoms with E-state index in [9.17, 15) is 57.9 Å². The fraction of sp³-hybridized carbons (Fsp3) is 0.100. The molecule has 0 saturated carbocycles. The number of benzene rings is 5. The number of hydrogen-bond donors (Lipinski definition) is 0. The zero-order chi connectivity index (χ0) is 40.1. The van der Waals surface area contributed by atoms with Crippen molar-refractivity contribution < 1.29 is 52.7 Å². The van der Waals surface area contributed by atoms with Crippen molar-refractivity contribution in [3.63, 3.8) is 0 Å². The van der Waals surface area contributed by atoms with Gasteiger partial charge >= 0.3 is 24.7 Å². The van der Waals surface area contributed by atoms with Gasteiger partial charge in [-0.25, -0.2) is 0 Å². The van der Waals surface area contributed by atoms with Crippen molar-refractivity contribution >= 4 is 43.6 Å². The van der Waals surface area contributed by atoms with E-state index < -0.39 is 47.0 Å². The van der Waals surface area contributed by atoms with Crippen LogP contribution < -0.4 is 0 Å². The van der Waals surface area contributed by atoms with Crippen molar-refractivity contribution in [2.75, 3.05) is 0 Å². The lowest BCUT2D eigenvalue weighted by Gasteiger charge is -2.19. The highest BCUT2D eigenvalue weighted by atomic mass is 19.4. The predicted octanol–water partition coefficient (Wildman–Crippen LogP) is 12.9. The van der Waals surface area contributed by atoms with Crippen LogP contribution in [0.2, 0.25) is 0 Å². The van der Waals surface area contributed by atoms with E-state index >= 15 is 0 Å². The summed E-state index contributed by atoms with van der Waals surface area (Å²) in [4.78, 5) is 4.22. The highest BCUT2D eigenvalue weighted by molar-refractivity contribution is 6.12. The van der Waals surface area contributed by atoms with E-state index in [1.165, 1.54) is 45.8 Å². The molecule has 0 saturated heterocycles. The van der Waals surface area contributed by atoms with Gasteiger partial charge in [0.25, 0.3) is 0 Å². The van der Waals surface area contributed by atoms with Gasteiger partial charge in [0, 0.05) is 45.1 Å². The number of rotatable bonds is 3. The Kier molecular flexibility index (Phi) is 7.98. The Morgan fingerprint density at radius 2 is 0.804 bits per heavy atom. The molecule has 0 spiro atoms. The van der Waals surface area contributed by atoms with Gasteiger partial charge < -0.3 is 9.13 Å². The van der Waals surface area contributed by atoms with Crippen molar-refractivity contribution in [2.45, 2.75) is 24.7 Å². The minimum absolute atomic E-state index is 0.0327. The molecule has 0 aliphatic rings. The quantitative estimate of drug-likeness (QED) is 0.168. The first-order valence-corrected chi connectivity index (χ1v) is 16.2. The minimum atomic E-state index is -4.86. The number of alkyl halides is 12. The van der Waals surface area contributed by atoms with Gasteiger partial charge in [0.05, 0.1) is 67.3 Å². The fourth-order valence-corrected chi connectivity index (χ4v) is 7.07. The molecule has 282 valence electrons. The molecule has 0 aliphatic heterocycles. The molecule has 0 radical (unpaired) electrons. The van der Waals surface area contributed by atoms with E-state index in [4.69, 9.17) is 0 Å². The van der Waals surface area contributed by atoms with Gasteiger partial charge in [-0.3, -0.25) is 4.98 Å². The third-order valence-corrected chi connectivity index (χ3v) is 9.54. The Hall–Kier alpha value is -6.50. The smallest absolute Gasteiger partial charge is 0.309 e. The summed E-state index contributed by atoms with van der Waals surface area (Å²) >= 11 is 0. The van der Waals surface area contributed by atoms with Crippen LogP contribution in [0, 0.1) is 11.3 Å². The summed E-state index contributed by atoms with van der Waals surface area (Å²) in [5.74, 6) is 0. The lowest BCUT2D eigenvalue weighted by Crippen LogP contribution is -2.05. The van der Waals surface area contributed by atoms with E-state index in [-0.39, 0.29) is 71.7 Å². The summed E-state index contributed by atoms with van der Waals surface area (Å²) < 4.78 is 170. The first-order chi connectivity index (χ1) is 26.3. The Morgan fingerprint density at radius 3 is 1.16 bits per heavy atom. The fourth-order valence-electron chi connectivity index (χ4n) is 7.07. The molecule has 0 fully saturated rings. The van der Waals surface area contributed by atoms with Crippen LogP contribution in [0.25, 0.3) is 66.1 Å². The van der Waals surface area contributed by atoms with Crippen LogP contribution in [-0.2, 0) is 24.7 Å². The van der Waals surface area contributed by atoms with Crippen LogP contribution in [0.5, 0.6) is 0 Å². The third-order valence-electron chi connectivity index (χ3n) is 9.54. The van der Waals surface area contributed by atoms with Gasteiger partial charge in [-0.1, -0.05) is 6.07 Å². The van der Waals surface area contributed by atoms with Crippen molar-refractivity contribution in [1.82, 2.24) is 14.1 Å². The van der Waals surface area contributed by atoms with Crippen molar-refractivity contribution in [3.8, 4) is 28.6 Å². The topological polar surface area (TPSA) is 46.5 Å². The van der Waals surface area contributed by atoms with Gasteiger partial charge in [-0.2, -0.15) is 57.9 Å². The molecule has 0 aliphatic carbocycles. The molecule has 0 N–H and O–H groups in total. The van der Waals surface area contributed by atoms with E-state index in [2.05, 4.69) is 4.98 Å². The third kappa shape index (κ3) is 5.94. The molecule has 3 aromatic heterocycles. The zero-order valence-electron chi connectivity index (χ0n) is 27.7. The summed E-state index contributed by atoms with van der Waals surface area (Å²) in [5.41, 5.74) is -3.54. The second-order valence-corrected chi connectivity index (χ2v) is 12.8. The van der Waals surface area contributed by atoms with E-state index in [1.807, 2.05) is 6.07 Å². The number of pyridine rings is 1. The first-order valence-electron chi connectivity index (χ1n) is 16.2. The molecular formula is C40H18F12N4. The van der Waals surface area contributed by atoms with Gasteiger partial charge in [-0.05, 0) is 91.0 Å². The van der Waals surface area contributed by atoms with Crippen LogP contribution in [0.3, 0.4) is 0 Å². The van der Waals surface area contributed by atoms with Crippen LogP contribution >= 0.6 is 0 Å². The number of halogens is 12. The molecule has 16 heteroatoms. The lowest BCUT2D eigenvalue weighted by atomic mass is 10.0. The molecule has 8 rings (SSSR count). The molecule has 0 unspecified atom stereocenters. The Balaban J connectivity index is 1.46. The monoisotopic (exact) mass is 782 g/mol. The van der Waals surface area contributed by atoms with E-state index in [0.717, 1.165) is 72.8 Å². The highest BCUT2D eigenvalue weighted by Gasteiger charge is 2.35. The molecule has 56 heavy (non-hydrogen) atoms. The summed E-state index contributed by atoms with van der Waals surface area (Å²) in [6, 6.07) is 18.0. The maximum Gasteiger partial charge on any atom is 0.416 e. The molecule has 0 atom stereocenters. The number of fused-ring (bicyclic) bond motifs is 6. The molecular weight excluding hydrogens is 764 g/mol.